The highest BCUT2D eigenvalue weighted by Crippen LogP contribution is 2.31. The van der Waals surface area contributed by atoms with E-state index in [1.54, 1.807) is 13.2 Å². The predicted octanol–water partition coefficient (Wildman–Crippen LogP) is 2.53. The van der Waals surface area contributed by atoms with Gasteiger partial charge in [0.25, 0.3) is 0 Å². The largest absolute Gasteiger partial charge is 0.496 e. The van der Waals surface area contributed by atoms with E-state index in [2.05, 4.69) is 10.1 Å². The number of nitrogens with zero attached hydrogens (tertiary/aromatic N) is 1. The van der Waals surface area contributed by atoms with Crippen LogP contribution in [0.4, 0.5) is 0 Å². The molecule has 6 nitrogen and oxygen atoms in total. The number of fused-ring (bicyclic) bond motifs is 1. The van der Waals surface area contributed by atoms with Crippen LogP contribution in [0.15, 0.2) is 35.0 Å². The lowest BCUT2D eigenvalue weighted by Gasteiger charge is -1.99. The molecular weight excluding hydrogens is 248 g/mol. The standard InChI is InChI=1S/C13H10N2O4/c1-18-11-4-2-3-9-7(11)5-10(15-9)12-8(13(16)17)6-14-19-12/h2-6,15H,1H3,(H,16,17). The Labute approximate surface area is 107 Å². The van der Waals surface area contributed by atoms with Crippen molar-refractivity contribution in [3.63, 3.8) is 0 Å². The first-order chi connectivity index (χ1) is 9.20. The van der Waals surface area contributed by atoms with Crippen molar-refractivity contribution in [2.24, 2.45) is 0 Å². The lowest BCUT2D eigenvalue weighted by molar-refractivity contribution is 0.0697. The third kappa shape index (κ3) is 1.74. The molecule has 3 rings (SSSR count). The third-order valence-corrected chi connectivity index (χ3v) is 2.89. The van der Waals surface area contributed by atoms with Gasteiger partial charge in [-0.05, 0) is 18.2 Å². The molecule has 3 aromatic rings. The van der Waals surface area contributed by atoms with Gasteiger partial charge in [-0.3, -0.25) is 0 Å². The lowest BCUT2D eigenvalue weighted by atomic mass is 10.2. The van der Waals surface area contributed by atoms with Gasteiger partial charge in [-0.15, -0.1) is 0 Å². The molecule has 0 aliphatic heterocycles. The second-order valence-electron chi connectivity index (χ2n) is 3.98. The average Bonchev–Trinajstić information content (AvgIpc) is 3.03. The fraction of sp³-hybridized carbons (Fsp3) is 0.0769. The second kappa shape index (κ2) is 4.16. The first-order valence-corrected chi connectivity index (χ1v) is 5.55. The molecule has 0 aliphatic rings. The van der Waals surface area contributed by atoms with Gasteiger partial charge in [0.2, 0.25) is 0 Å². The fourth-order valence-electron chi connectivity index (χ4n) is 2.01. The van der Waals surface area contributed by atoms with Crippen LogP contribution >= 0.6 is 0 Å². The molecular formula is C13H10N2O4. The van der Waals surface area contributed by atoms with Crippen LogP contribution in [0.3, 0.4) is 0 Å². The summed E-state index contributed by atoms with van der Waals surface area (Å²) in [6.07, 6.45) is 1.18. The molecule has 0 saturated heterocycles. The van der Waals surface area contributed by atoms with Crippen LogP contribution in [0.1, 0.15) is 10.4 Å². The normalized spacial score (nSPS) is 10.8. The summed E-state index contributed by atoms with van der Waals surface area (Å²) >= 11 is 0. The SMILES string of the molecule is COc1cccc2[nH]c(-c3oncc3C(=O)O)cc12. The Morgan fingerprint density at radius 3 is 3.05 bits per heavy atom. The minimum absolute atomic E-state index is 0.0190. The Balaban J connectivity index is 2.21. The van der Waals surface area contributed by atoms with Crippen molar-refractivity contribution in [3.05, 3.63) is 36.0 Å². The summed E-state index contributed by atoms with van der Waals surface area (Å²) in [5.74, 6) is -0.177. The highest BCUT2D eigenvalue weighted by atomic mass is 16.5. The number of aromatic carboxylic acids is 1. The highest BCUT2D eigenvalue weighted by Gasteiger charge is 2.19. The maximum absolute atomic E-state index is 11.1. The maximum Gasteiger partial charge on any atom is 0.341 e. The summed E-state index contributed by atoms with van der Waals surface area (Å²) in [6, 6.07) is 7.33. The number of aromatic nitrogens is 2. The lowest BCUT2D eigenvalue weighted by Crippen LogP contribution is -1.95. The monoisotopic (exact) mass is 258 g/mol. The van der Waals surface area contributed by atoms with E-state index in [9.17, 15) is 4.79 Å². The first kappa shape index (κ1) is 11.3. The zero-order valence-corrected chi connectivity index (χ0v) is 10.0. The van der Waals surface area contributed by atoms with Crippen molar-refractivity contribution in [3.8, 4) is 17.2 Å². The number of carboxylic acid groups (broad SMARTS) is 1. The zero-order valence-electron chi connectivity index (χ0n) is 10.0. The Bertz CT molecular complexity index is 757. The van der Waals surface area contributed by atoms with Gasteiger partial charge < -0.3 is 19.4 Å². The number of H-pyrrole nitrogens is 1. The van der Waals surface area contributed by atoms with Crippen molar-refractivity contribution >= 4 is 16.9 Å². The molecule has 1 aromatic carbocycles. The number of aromatic amines is 1. The first-order valence-electron chi connectivity index (χ1n) is 5.55. The van der Waals surface area contributed by atoms with E-state index >= 15 is 0 Å². The summed E-state index contributed by atoms with van der Waals surface area (Å²) in [5, 5.41) is 13.4. The van der Waals surface area contributed by atoms with Crippen molar-refractivity contribution in [2.75, 3.05) is 7.11 Å². The summed E-state index contributed by atoms with van der Waals surface area (Å²) < 4.78 is 10.3. The second-order valence-corrected chi connectivity index (χ2v) is 3.98. The fourth-order valence-corrected chi connectivity index (χ4v) is 2.01. The van der Waals surface area contributed by atoms with Gasteiger partial charge in [-0.2, -0.15) is 0 Å². The van der Waals surface area contributed by atoms with Crippen molar-refractivity contribution in [1.82, 2.24) is 10.1 Å². The summed E-state index contributed by atoms with van der Waals surface area (Å²) in [7, 11) is 1.58. The zero-order chi connectivity index (χ0) is 13.4. The quantitative estimate of drug-likeness (QED) is 0.753. The molecule has 0 spiro atoms. The topological polar surface area (TPSA) is 88.4 Å². The minimum Gasteiger partial charge on any atom is -0.496 e. The highest BCUT2D eigenvalue weighted by molar-refractivity contribution is 5.96. The number of carboxylic acids is 1. The Kier molecular flexibility index (Phi) is 2.49. The van der Waals surface area contributed by atoms with Crippen molar-refractivity contribution in [2.45, 2.75) is 0 Å². The molecule has 0 saturated carbocycles. The molecule has 96 valence electrons. The Morgan fingerprint density at radius 1 is 1.47 bits per heavy atom. The molecule has 0 radical (unpaired) electrons. The van der Waals surface area contributed by atoms with E-state index < -0.39 is 5.97 Å². The number of hydrogen-bond acceptors (Lipinski definition) is 4. The molecule has 0 fully saturated rings. The van der Waals surface area contributed by atoms with Crippen LogP contribution in [0, 0.1) is 0 Å². The predicted molar refractivity (Wildman–Crippen MR) is 67.3 cm³/mol. The van der Waals surface area contributed by atoms with Gasteiger partial charge in [-0.25, -0.2) is 4.79 Å². The molecule has 2 aromatic heterocycles. The van der Waals surface area contributed by atoms with Gasteiger partial charge in [0.05, 0.1) is 19.0 Å². The van der Waals surface area contributed by atoms with E-state index in [0.717, 1.165) is 10.9 Å². The molecule has 0 atom stereocenters. The average molecular weight is 258 g/mol. The van der Waals surface area contributed by atoms with E-state index in [0.29, 0.717) is 11.4 Å². The summed E-state index contributed by atoms with van der Waals surface area (Å²) in [4.78, 5) is 14.1. The van der Waals surface area contributed by atoms with Crippen LogP contribution in [-0.4, -0.2) is 28.3 Å². The number of carbonyl (C=O) groups is 1. The van der Waals surface area contributed by atoms with Crippen LogP contribution in [-0.2, 0) is 0 Å². The molecule has 2 N–H and O–H groups in total. The maximum atomic E-state index is 11.1. The molecule has 19 heavy (non-hydrogen) atoms. The smallest absolute Gasteiger partial charge is 0.341 e. The Hall–Kier alpha value is -2.76. The van der Waals surface area contributed by atoms with Crippen molar-refractivity contribution < 1.29 is 19.2 Å². The van der Waals surface area contributed by atoms with Crippen LogP contribution in [0.2, 0.25) is 0 Å². The van der Waals surface area contributed by atoms with E-state index in [1.807, 2.05) is 18.2 Å². The van der Waals surface area contributed by atoms with Gasteiger partial charge in [0.15, 0.2) is 5.76 Å². The Morgan fingerprint density at radius 2 is 2.32 bits per heavy atom. The van der Waals surface area contributed by atoms with Gasteiger partial charge >= 0.3 is 5.97 Å². The number of methoxy groups -OCH3 is 1. The summed E-state index contributed by atoms with van der Waals surface area (Å²) in [6.45, 7) is 0. The van der Waals surface area contributed by atoms with Crippen LogP contribution in [0.25, 0.3) is 22.4 Å². The van der Waals surface area contributed by atoms with E-state index in [-0.39, 0.29) is 11.3 Å². The number of ether oxygens (including phenoxy) is 1. The molecule has 0 amide bonds. The number of nitrogens with one attached hydrogen (secondary N) is 1. The minimum atomic E-state index is -1.08. The third-order valence-electron chi connectivity index (χ3n) is 2.89. The van der Waals surface area contributed by atoms with Gasteiger partial charge in [0.1, 0.15) is 11.3 Å². The molecule has 0 bridgehead atoms. The number of benzene rings is 1. The van der Waals surface area contributed by atoms with E-state index in [4.69, 9.17) is 14.4 Å². The van der Waals surface area contributed by atoms with Gasteiger partial charge in [0, 0.05) is 10.9 Å². The number of hydrogen-bond donors (Lipinski definition) is 2. The molecule has 6 heteroatoms. The molecule has 0 aliphatic carbocycles. The summed E-state index contributed by atoms with van der Waals surface area (Å²) in [5.41, 5.74) is 1.40. The molecule has 2 heterocycles. The van der Waals surface area contributed by atoms with Crippen LogP contribution in [0.5, 0.6) is 5.75 Å². The number of rotatable bonds is 3. The van der Waals surface area contributed by atoms with Gasteiger partial charge in [-0.1, -0.05) is 11.2 Å². The molecule has 0 unspecified atom stereocenters. The van der Waals surface area contributed by atoms with Crippen molar-refractivity contribution in [1.29, 1.82) is 0 Å². The van der Waals surface area contributed by atoms with E-state index in [1.165, 1.54) is 6.20 Å². The van der Waals surface area contributed by atoms with Crippen LogP contribution < -0.4 is 4.74 Å².